The summed E-state index contributed by atoms with van der Waals surface area (Å²) in [5.74, 6) is 0. The van der Waals surface area contributed by atoms with Crippen molar-refractivity contribution in [1.82, 2.24) is 15.1 Å². The van der Waals surface area contributed by atoms with Crippen LogP contribution in [-0.2, 0) is 22.9 Å². The number of sulfone groups is 1. The third-order valence-corrected chi connectivity index (χ3v) is 4.59. The predicted molar refractivity (Wildman–Crippen MR) is 92.7 cm³/mol. The molecule has 0 bridgehead atoms. The first-order valence-electron chi connectivity index (χ1n) is 7.66. The normalized spacial score (nSPS) is 11.3. The Hall–Kier alpha value is -2.35. The van der Waals surface area contributed by atoms with E-state index < -0.39 is 15.9 Å². The lowest BCUT2D eigenvalue weighted by Crippen LogP contribution is -2.28. The molecule has 0 fully saturated rings. The maximum atomic E-state index is 12.0. The summed E-state index contributed by atoms with van der Waals surface area (Å²) in [6.07, 6.45) is 5.73. The number of aryl methyl sites for hydroxylation is 2. The summed E-state index contributed by atoms with van der Waals surface area (Å²) in [5.41, 5.74) is 2.16. The molecule has 8 heteroatoms. The summed E-state index contributed by atoms with van der Waals surface area (Å²) in [6.45, 7) is 5.06. The second kappa shape index (κ2) is 7.48. The first-order chi connectivity index (χ1) is 11.3. The van der Waals surface area contributed by atoms with E-state index in [1.54, 1.807) is 19.2 Å². The van der Waals surface area contributed by atoms with Crippen molar-refractivity contribution in [2.45, 2.75) is 38.3 Å². The minimum absolute atomic E-state index is 0.171. The largest absolute Gasteiger partial charge is 0.334 e. The number of rotatable bonds is 6. The molecule has 0 spiro atoms. The van der Waals surface area contributed by atoms with Crippen molar-refractivity contribution in [2.24, 2.45) is 0 Å². The topological polar surface area (TPSA) is 93.1 Å². The number of urea groups is 1. The molecule has 0 aliphatic heterocycles. The number of nitrogens with one attached hydrogen (secondary N) is 2. The Morgan fingerprint density at radius 1 is 1.33 bits per heavy atom. The van der Waals surface area contributed by atoms with Crippen molar-refractivity contribution in [3.63, 3.8) is 0 Å². The third kappa shape index (κ3) is 4.82. The highest BCUT2D eigenvalue weighted by Crippen LogP contribution is 2.20. The number of nitrogens with zero attached hydrogens (tertiary/aromatic N) is 2. The van der Waals surface area contributed by atoms with Gasteiger partial charge in [-0.3, -0.25) is 4.68 Å². The molecule has 0 unspecified atom stereocenters. The zero-order valence-electron chi connectivity index (χ0n) is 14.0. The Bertz CT molecular complexity index is 828. The lowest BCUT2D eigenvalue weighted by atomic mass is 10.2. The monoisotopic (exact) mass is 350 g/mol. The number of hydrogen-bond donors (Lipinski definition) is 2. The Kier molecular flexibility index (Phi) is 5.61. The lowest BCUT2D eigenvalue weighted by molar-refractivity contribution is 0.251. The molecule has 1 aromatic carbocycles. The van der Waals surface area contributed by atoms with Gasteiger partial charge >= 0.3 is 6.03 Å². The highest BCUT2D eigenvalue weighted by molar-refractivity contribution is 7.90. The molecule has 1 aromatic heterocycles. The minimum Gasteiger partial charge on any atom is -0.334 e. The smallest absolute Gasteiger partial charge is 0.319 e. The van der Waals surface area contributed by atoms with E-state index in [0.29, 0.717) is 12.2 Å². The lowest BCUT2D eigenvalue weighted by Gasteiger charge is -2.11. The van der Waals surface area contributed by atoms with E-state index in [-0.39, 0.29) is 4.90 Å². The van der Waals surface area contributed by atoms with Gasteiger partial charge in [-0.1, -0.05) is 13.0 Å². The predicted octanol–water partition coefficient (Wildman–Crippen LogP) is 2.33. The van der Waals surface area contributed by atoms with Gasteiger partial charge in [0, 0.05) is 36.8 Å². The van der Waals surface area contributed by atoms with Crippen LogP contribution in [0.25, 0.3) is 0 Å². The molecule has 130 valence electrons. The first kappa shape index (κ1) is 18.0. The minimum atomic E-state index is -3.32. The molecule has 2 aromatic rings. The maximum absolute atomic E-state index is 12.0. The molecular weight excluding hydrogens is 328 g/mol. The van der Waals surface area contributed by atoms with Crippen molar-refractivity contribution in [1.29, 1.82) is 0 Å². The second-order valence-corrected chi connectivity index (χ2v) is 7.68. The van der Waals surface area contributed by atoms with Crippen LogP contribution in [0.2, 0.25) is 0 Å². The molecule has 0 radical (unpaired) electrons. The second-order valence-electron chi connectivity index (χ2n) is 5.67. The van der Waals surface area contributed by atoms with Gasteiger partial charge in [-0.2, -0.15) is 5.10 Å². The summed E-state index contributed by atoms with van der Waals surface area (Å²) in [4.78, 5) is 12.2. The van der Waals surface area contributed by atoms with Crippen molar-refractivity contribution in [3.05, 3.63) is 41.7 Å². The Morgan fingerprint density at radius 3 is 2.75 bits per heavy atom. The van der Waals surface area contributed by atoms with Gasteiger partial charge in [-0.25, -0.2) is 13.2 Å². The van der Waals surface area contributed by atoms with Crippen LogP contribution >= 0.6 is 0 Å². The van der Waals surface area contributed by atoms with Gasteiger partial charge in [-0.05, 0) is 31.0 Å². The van der Waals surface area contributed by atoms with Crippen LogP contribution in [-0.4, -0.2) is 30.5 Å². The molecule has 2 N–H and O–H groups in total. The number of benzene rings is 1. The number of aromatic nitrogens is 2. The van der Waals surface area contributed by atoms with Crippen LogP contribution < -0.4 is 10.6 Å². The van der Waals surface area contributed by atoms with Crippen LogP contribution in [0.1, 0.15) is 24.5 Å². The molecule has 0 atom stereocenters. The highest BCUT2D eigenvalue weighted by atomic mass is 32.2. The number of amides is 2. The maximum Gasteiger partial charge on any atom is 0.319 e. The zero-order chi connectivity index (χ0) is 17.7. The quantitative estimate of drug-likeness (QED) is 0.836. The molecule has 2 rings (SSSR count). The van der Waals surface area contributed by atoms with E-state index in [9.17, 15) is 13.2 Å². The molecule has 2 amide bonds. The summed E-state index contributed by atoms with van der Waals surface area (Å²) in [5, 5.41) is 9.62. The molecule has 24 heavy (non-hydrogen) atoms. The standard InChI is InChI=1S/C16H22N4O3S/c1-4-7-20-11-13(10-18-20)9-17-16(21)19-15-8-14(24(3,22)23)6-5-12(15)2/h5-6,8,10-11H,4,7,9H2,1-3H3,(H2,17,19,21). The number of carbonyl (C=O) groups excluding carboxylic acids is 1. The van der Waals surface area contributed by atoms with E-state index in [0.717, 1.165) is 30.3 Å². The SMILES string of the molecule is CCCn1cc(CNC(=O)Nc2cc(S(C)(=O)=O)ccc2C)cn1. The van der Waals surface area contributed by atoms with Gasteiger partial charge in [0.1, 0.15) is 0 Å². The average Bonchev–Trinajstić information content (AvgIpc) is 2.94. The third-order valence-electron chi connectivity index (χ3n) is 3.48. The van der Waals surface area contributed by atoms with Crippen LogP contribution in [0.3, 0.4) is 0 Å². The van der Waals surface area contributed by atoms with Crippen LogP contribution in [0.5, 0.6) is 0 Å². The van der Waals surface area contributed by atoms with Gasteiger partial charge < -0.3 is 10.6 Å². The van der Waals surface area contributed by atoms with Crippen LogP contribution in [0.15, 0.2) is 35.5 Å². The number of anilines is 1. The fourth-order valence-electron chi connectivity index (χ4n) is 2.16. The van der Waals surface area contributed by atoms with E-state index >= 15 is 0 Å². The highest BCUT2D eigenvalue weighted by Gasteiger charge is 2.11. The summed E-state index contributed by atoms with van der Waals surface area (Å²) < 4.78 is 25.0. The zero-order valence-corrected chi connectivity index (χ0v) is 14.9. The van der Waals surface area contributed by atoms with Crippen LogP contribution in [0, 0.1) is 6.92 Å². The van der Waals surface area contributed by atoms with Crippen molar-refractivity contribution in [2.75, 3.05) is 11.6 Å². The average molecular weight is 350 g/mol. The molecular formula is C16H22N4O3S. The van der Waals surface area contributed by atoms with E-state index in [1.807, 2.05) is 10.9 Å². The van der Waals surface area contributed by atoms with E-state index in [4.69, 9.17) is 0 Å². The molecule has 0 aliphatic rings. The van der Waals surface area contributed by atoms with Crippen molar-refractivity contribution < 1.29 is 13.2 Å². The summed E-state index contributed by atoms with van der Waals surface area (Å²) in [7, 11) is -3.32. The molecule has 0 saturated heterocycles. The Morgan fingerprint density at radius 2 is 2.08 bits per heavy atom. The van der Waals surface area contributed by atoms with Gasteiger partial charge in [0.25, 0.3) is 0 Å². The molecule has 0 saturated carbocycles. The Labute approximate surface area is 142 Å². The molecule has 0 aliphatic carbocycles. The van der Waals surface area contributed by atoms with Gasteiger partial charge in [-0.15, -0.1) is 0 Å². The fraction of sp³-hybridized carbons (Fsp3) is 0.375. The molecule has 1 heterocycles. The number of hydrogen-bond acceptors (Lipinski definition) is 4. The fourth-order valence-corrected chi connectivity index (χ4v) is 2.81. The van der Waals surface area contributed by atoms with E-state index in [2.05, 4.69) is 22.7 Å². The van der Waals surface area contributed by atoms with Crippen molar-refractivity contribution in [3.8, 4) is 0 Å². The van der Waals surface area contributed by atoms with Crippen LogP contribution in [0.4, 0.5) is 10.5 Å². The van der Waals surface area contributed by atoms with Gasteiger partial charge in [0.15, 0.2) is 9.84 Å². The summed E-state index contributed by atoms with van der Waals surface area (Å²) >= 11 is 0. The van der Waals surface area contributed by atoms with E-state index in [1.165, 1.54) is 12.1 Å². The number of carbonyl (C=O) groups is 1. The van der Waals surface area contributed by atoms with Crippen molar-refractivity contribution >= 4 is 21.6 Å². The first-order valence-corrected chi connectivity index (χ1v) is 9.55. The summed E-state index contributed by atoms with van der Waals surface area (Å²) in [6, 6.07) is 4.26. The van der Waals surface area contributed by atoms with Gasteiger partial charge in [0.2, 0.25) is 0 Å². The Balaban J connectivity index is 1.99. The molecule has 7 nitrogen and oxygen atoms in total. The van der Waals surface area contributed by atoms with Gasteiger partial charge in [0.05, 0.1) is 11.1 Å².